The zero-order valence-electron chi connectivity index (χ0n) is 13.9. The van der Waals surface area contributed by atoms with Gasteiger partial charge in [0.2, 0.25) is 0 Å². The molecule has 2 nitrogen and oxygen atoms in total. The molecule has 0 aromatic rings. The van der Waals surface area contributed by atoms with Gasteiger partial charge in [0.15, 0.2) is 0 Å². The lowest BCUT2D eigenvalue weighted by Gasteiger charge is -2.44. The Morgan fingerprint density at radius 2 is 1.84 bits per heavy atom. The van der Waals surface area contributed by atoms with Crippen LogP contribution in [0.25, 0.3) is 0 Å². The van der Waals surface area contributed by atoms with Crippen LogP contribution in [0.1, 0.15) is 66.7 Å². The Balaban J connectivity index is 2.48. The van der Waals surface area contributed by atoms with Gasteiger partial charge in [-0.3, -0.25) is 4.90 Å². The first-order chi connectivity index (χ1) is 9.10. The number of rotatable bonds is 8. The summed E-state index contributed by atoms with van der Waals surface area (Å²) < 4.78 is 0. The standard InChI is InChI=1S/C17H36N2/c1-6-8-9-10-11-19-13-16(15(5)7-2)18-12-17(19)14(3)4/h14-18H,6-13H2,1-5H3. The Morgan fingerprint density at radius 1 is 1.11 bits per heavy atom. The van der Waals surface area contributed by atoms with Crippen molar-refractivity contribution in [1.82, 2.24) is 10.2 Å². The van der Waals surface area contributed by atoms with Gasteiger partial charge in [-0.25, -0.2) is 0 Å². The van der Waals surface area contributed by atoms with Crippen molar-refractivity contribution in [1.29, 1.82) is 0 Å². The van der Waals surface area contributed by atoms with E-state index in [1.807, 2.05) is 0 Å². The van der Waals surface area contributed by atoms with Crippen molar-refractivity contribution in [2.24, 2.45) is 11.8 Å². The summed E-state index contributed by atoms with van der Waals surface area (Å²) in [4.78, 5) is 2.77. The molecule has 2 heteroatoms. The van der Waals surface area contributed by atoms with Crippen molar-refractivity contribution in [3.05, 3.63) is 0 Å². The summed E-state index contributed by atoms with van der Waals surface area (Å²) in [6.45, 7) is 15.5. The Kier molecular flexibility index (Phi) is 8.01. The molecule has 1 heterocycles. The molecule has 1 saturated heterocycles. The number of unbranched alkanes of at least 4 members (excludes halogenated alkanes) is 3. The minimum Gasteiger partial charge on any atom is -0.311 e. The lowest BCUT2D eigenvalue weighted by Crippen LogP contribution is -2.60. The molecule has 1 aliphatic rings. The summed E-state index contributed by atoms with van der Waals surface area (Å²) in [5.41, 5.74) is 0. The highest BCUT2D eigenvalue weighted by Crippen LogP contribution is 2.20. The summed E-state index contributed by atoms with van der Waals surface area (Å²) in [6, 6.07) is 1.44. The molecule has 1 N–H and O–H groups in total. The molecule has 0 radical (unpaired) electrons. The van der Waals surface area contributed by atoms with Gasteiger partial charge in [-0.1, -0.05) is 60.3 Å². The zero-order valence-corrected chi connectivity index (χ0v) is 13.9. The van der Waals surface area contributed by atoms with Gasteiger partial charge < -0.3 is 5.32 Å². The second kappa shape index (κ2) is 8.97. The summed E-state index contributed by atoms with van der Waals surface area (Å²) in [6.07, 6.45) is 6.80. The van der Waals surface area contributed by atoms with Crippen LogP contribution in [0.4, 0.5) is 0 Å². The largest absolute Gasteiger partial charge is 0.311 e. The van der Waals surface area contributed by atoms with Gasteiger partial charge >= 0.3 is 0 Å². The van der Waals surface area contributed by atoms with Crippen LogP contribution in [-0.4, -0.2) is 36.6 Å². The Hall–Kier alpha value is -0.0800. The van der Waals surface area contributed by atoms with Crippen LogP contribution in [0.5, 0.6) is 0 Å². The lowest BCUT2D eigenvalue weighted by atomic mass is 9.92. The fraction of sp³-hybridized carbons (Fsp3) is 1.00. The van der Waals surface area contributed by atoms with Gasteiger partial charge in [0.1, 0.15) is 0 Å². The molecule has 114 valence electrons. The van der Waals surface area contributed by atoms with E-state index in [-0.39, 0.29) is 0 Å². The number of nitrogens with one attached hydrogen (secondary N) is 1. The minimum absolute atomic E-state index is 0.700. The van der Waals surface area contributed by atoms with Crippen molar-refractivity contribution < 1.29 is 0 Å². The predicted molar refractivity (Wildman–Crippen MR) is 85.6 cm³/mol. The second-order valence-electron chi connectivity index (χ2n) is 6.77. The van der Waals surface area contributed by atoms with Gasteiger partial charge in [0.25, 0.3) is 0 Å². The molecular formula is C17H36N2. The molecule has 1 aliphatic heterocycles. The molecule has 0 aliphatic carbocycles. The van der Waals surface area contributed by atoms with Gasteiger partial charge in [0, 0.05) is 25.2 Å². The van der Waals surface area contributed by atoms with Gasteiger partial charge in [-0.2, -0.15) is 0 Å². The first kappa shape index (κ1) is 17.0. The van der Waals surface area contributed by atoms with E-state index < -0.39 is 0 Å². The number of hydrogen-bond donors (Lipinski definition) is 1. The number of hydrogen-bond acceptors (Lipinski definition) is 2. The van der Waals surface area contributed by atoms with E-state index in [2.05, 4.69) is 44.8 Å². The van der Waals surface area contributed by atoms with Crippen LogP contribution in [0, 0.1) is 11.8 Å². The monoisotopic (exact) mass is 268 g/mol. The van der Waals surface area contributed by atoms with E-state index in [1.165, 1.54) is 51.7 Å². The van der Waals surface area contributed by atoms with Crippen molar-refractivity contribution in [2.75, 3.05) is 19.6 Å². The van der Waals surface area contributed by atoms with E-state index >= 15 is 0 Å². The first-order valence-electron chi connectivity index (χ1n) is 8.57. The molecule has 3 atom stereocenters. The highest BCUT2D eigenvalue weighted by Gasteiger charge is 2.31. The molecule has 0 amide bonds. The van der Waals surface area contributed by atoms with Gasteiger partial charge in [-0.05, 0) is 24.8 Å². The van der Waals surface area contributed by atoms with Crippen molar-refractivity contribution in [3.8, 4) is 0 Å². The molecule has 1 fully saturated rings. The van der Waals surface area contributed by atoms with Crippen LogP contribution in [0.3, 0.4) is 0 Å². The molecule has 0 aromatic heterocycles. The average molecular weight is 268 g/mol. The third kappa shape index (κ3) is 5.43. The van der Waals surface area contributed by atoms with Crippen LogP contribution in [0.2, 0.25) is 0 Å². The Labute approximate surface area is 121 Å². The minimum atomic E-state index is 0.700. The van der Waals surface area contributed by atoms with Gasteiger partial charge in [0.05, 0.1) is 0 Å². The molecule has 0 bridgehead atoms. The average Bonchev–Trinajstić information content (AvgIpc) is 2.42. The third-order valence-corrected chi connectivity index (χ3v) is 4.89. The van der Waals surface area contributed by atoms with Gasteiger partial charge in [-0.15, -0.1) is 0 Å². The maximum absolute atomic E-state index is 3.79. The number of piperazine rings is 1. The molecule has 3 unspecified atom stereocenters. The zero-order chi connectivity index (χ0) is 14.3. The normalized spacial score (nSPS) is 26.8. The molecule has 19 heavy (non-hydrogen) atoms. The summed E-state index contributed by atoms with van der Waals surface area (Å²) >= 11 is 0. The smallest absolute Gasteiger partial charge is 0.0244 e. The van der Waals surface area contributed by atoms with E-state index in [9.17, 15) is 0 Å². The van der Waals surface area contributed by atoms with E-state index in [1.54, 1.807) is 0 Å². The molecule has 0 aromatic carbocycles. The highest BCUT2D eigenvalue weighted by molar-refractivity contribution is 4.89. The molecule has 1 rings (SSSR count). The predicted octanol–water partition coefficient (Wildman–Crippen LogP) is 3.91. The summed E-state index contributed by atoms with van der Waals surface area (Å²) in [5, 5.41) is 3.79. The van der Waals surface area contributed by atoms with E-state index in [0.29, 0.717) is 6.04 Å². The maximum Gasteiger partial charge on any atom is 0.0244 e. The van der Waals surface area contributed by atoms with Crippen molar-refractivity contribution in [3.63, 3.8) is 0 Å². The van der Waals surface area contributed by atoms with Crippen molar-refractivity contribution >= 4 is 0 Å². The first-order valence-corrected chi connectivity index (χ1v) is 8.57. The Bertz CT molecular complexity index is 227. The van der Waals surface area contributed by atoms with E-state index in [0.717, 1.165) is 17.9 Å². The summed E-state index contributed by atoms with van der Waals surface area (Å²) in [5.74, 6) is 1.56. The molecule has 0 saturated carbocycles. The van der Waals surface area contributed by atoms with Crippen LogP contribution < -0.4 is 5.32 Å². The van der Waals surface area contributed by atoms with Crippen LogP contribution in [-0.2, 0) is 0 Å². The fourth-order valence-corrected chi connectivity index (χ4v) is 3.18. The highest BCUT2D eigenvalue weighted by atomic mass is 15.2. The summed E-state index contributed by atoms with van der Waals surface area (Å²) in [7, 11) is 0. The lowest BCUT2D eigenvalue weighted by molar-refractivity contribution is 0.0803. The fourth-order valence-electron chi connectivity index (χ4n) is 3.18. The number of nitrogens with zero attached hydrogens (tertiary/aromatic N) is 1. The molecule has 0 spiro atoms. The molecular weight excluding hydrogens is 232 g/mol. The topological polar surface area (TPSA) is 15.3 Å². The van der Waals surface area contributed by atoms with Crippen LogP contribution >= 0.6 is 0 Å². The SMILES string of the molecule is CCCCCCN1CC(C(C)CC)NCC1C(C)C. The Morgan fingerprint density at radius 3 is 2.42 bits per heavy atom. The quantitative estimate of drug-likeness (QED) is 0.671. The third-order valence-electron chi connectivity index (χ3n) is 4.89. The van der Waals surface area contributed by atoms with Crippen molar-refractivity contribution in [2.45, 2.75) is 78.8 Å². The van der Waals surface area contributed by atoms with Crippen LogP contribution in [0.15, 0.2) is 0 Å². The second-order valence-corrected chi connectivity index (χ2v) is 6.77. The van der Waals surface area contributed by atoms with E-state index in [4.69, 9.17) is 0 Å². The maximum atomic E-state index is 3.79.